The molecular formula is C18H23N3O2. The molecule has 1 aliphatic rings. The van der Waals surface area contributed by atoms with E-state index in [0.717, 1.165) is 42.1 Å². The zero-order chi connectivity index (χ0) is 16.1. The van der Waals surface area contributed by atoms with Crippen molar-refractivity contribution in [2.24, 2.45) is 5.92 Å². The molecule has 3 N–H and O–H groups in total. The molecule has 5 heteroatoms. The molecule has 0 bridgehead atoms. The van der Waals surface area contributed by atoms with Crippen LogP contribution in [0.25, 0.3) is 10.9 Å². The Labute approximate surface area is 136 Å². The van der Waals surface area contributed by atoms with Crippen molar-refractivity contribution in [2.75, 3.05) is 6.61 Å². The Morgan fingerprint density at radius 2 is 1.96 bits per heavy atom. The summed E-state index contributed by atoms with van der Waals surface area (Å²) in [6, 6.07) is 10.00. The van der Waals surface area contributed by atoms with Crippen LogP contribution in [0.5, 0.6) is 0 Å². The summed E-state index contributed by atoms with van der Waals surface area (Å²) in [4.78, 5) is 16.5. The van der Waals surface area contributed by atoms with Crippen molar-refractivity contribution in [1.29, 1.82) is 0 Å². The number of fused-ring (bicyclic) bond motifs is 1. The quantitative estimate of drug-likeness (QED) is 0.812. The van der Waals surface area contributed by atoms with Crippen LogP contribution in [0.1, 0.15) is 31.2 Å². The van der Waals surface area contributed by atoms with Crippen LogP contribution < -0.4 is 10.6 Å². The smallest absolute Gasteiger partial charge is 0.315 e. The van der Waals surface area contributed by atoms with Gasteiger partial charge in [-0.25, -0.2) is 4.79 Å². The monoisotopic (exact) mass is 313 g/mol. The maximum Gasteiger partial charge on any atom is 0.315 e. The second kappa shape index (κ2) is 7.42. The zero-order valence-electron chi connectivity index (χ0n) is 13.2. The maximum atomic E-state index is 12.1. The summed E-state index contributed by atoms with van der Waals surface area (Å²) < 4.78 is 0. The molecule has 2 aromatic rings. The first kappa shape index (κ1) is 15.7. The number of benzene rings is 1. The van der Waals surface area contributed by atoms with Crippen molar-refractivity contribution in [3.05, 3.63) is 42.1 Å². The van der Waals surface area contributed by atoms with Gasteiger partial charge in [-0.1, -0.05) is 24.3 Å². The first-order valence-electron chi connectivity index (χ1n) is 8.24. The Balaban J connectivity index is 1.53. The Kier molecular flexibility index (Phi) is 5.08. The molecule has 1 aromatic heterocycles. The van der Waals surface area contributed by atoms with Gasteiger partial charge in [0.05, 0.1) is 5.52 Å². The zero-order valence-corrected chi connectivity index (χ0v) is 13.2. The molecule has 122 valence electrons. The summed E-state index contributed by atoms with van der Waals surface area (Å²) in [5, 5.41) is 16.2. The molecule has 0 radical (unpaired) electrons. The van der Waals surface area contributed by atoms with E-state index in [4.69, 9.17) is 5.11 Å². The van der Waals surface area contributed by atoms with Gasteiger partial charge in [-0.2, -0.15) is 0 Å². The maximum absolute atomic E-state index is 12.1. The molecule has 1 fully saturated rings. The van der Waals surface area contributed by atoms with E-state index in [1.165, 1.54) is 0 Å². The van der Waals surface area contributed by atoms with Crippen molar-refractivity contribution in [1.82, 2.24) is 15.6 Å². The average molecular weight is 313 g/mol. The molecule has 1 heterocycles. The molecule has 3 rings (SSSR count). The van der Waals surface area contributed by atoms with Crippen molar-refractivity contribution in [3.8, 4) is 0 Å². The Bertz CT molecular complexity index is 661. The van der Waals surface area contributed by atoms with Gasteiger partial charge in [0.25, 0.3) is 0 Å². The van der Waals surface area contributed by atoms with E-state index in [1.54, 1.807) is 6.20 Å². The van der Waals surface area contributed by atoms with Crippen LogP contribution in [0.15, 0.2) is 36.5 Å². The first-order chi connectivity index (χ1) is 11.3. The number of aromatic nitrogens is 1. The van der Waals surface area contributed by atoms with Gasteiger partial charge in [0.15, 0.2) is 0 Å². The van der Waals surface area contributed by atoms with Crippen molar-refractivity contribution in [3.63, 3.8) is 0 Å². The third-order valence-electron chi connectivity index (χ3n) is 4.60. The Hall–Kier alpha value is -2.14. The second-order valence-corrected chi connectivity index (χ2v) is 6.22. The lowest BCUT2D eigenvalue weighted by molar-refractivity contribution is 0.174. The van der Waals surface area contributed by atoms with Gasteiger partial charge in [0, 0.05) is 30.8 Å². The van der Waals surface area contributed by atoms with Crippen LogP contribution in [0, 0.1) is 5.92 Å². The summed E-state index contributed by atoms with van der Waals surface area (Å²) in [5.74, 6) is 0.401. The van der Waals surface area contributed by atoms with E-state index in [0.29, 0.717) is 12.5 Å². The van der Waals surface area contributed by atoms with Crippen LogP contribution in [0.2, 0.25) is 0 Å². The third kappa shape index (κ3) is 3.99. The average Bonchev–Trinajstić information content (AvgIpc) is 2.60. The first-order valence-corrected chi connectivity index (χ1v) is 8.24. The molecule has 1 aliphatic carbocycles. The fraction of sp³-hybridized carbons (Fsp3) is 0.444. The lowest BCUT2D eigenvalue weighted by atomic mass is 9.87. The fourth-order valence-corrected chi connectivity index (χ4v) is 3.21. The highest BCUT2D eigenvalue weighted by Crippen LogP contribution is 2.23. The predicted octanol–water partition coefficient (Wildman–Crippen LogP) is 2.59. The van der Waals surface area contributed by atoms with E-state index in [1.807, 2.05) is 30.3 Å². The molecule has 5 nitrogen and oxygen atoms in total. The number of para-hydroxylation sites is 1. The molecule has 0 aliphatic heterocycles. The summed E-state index contributed by atoms with van der Waals surface area (Å²) in [5.41, 5.74) is 1.95. The van der Waals surface area contributed by atoms with E-state index >= 15 is 0 Å². The van der Waals surface area contributed by atoms with Crippen LogP contribution >= 0.6 is 0 Å². The van der Waals surface area contributed by atoms with E-state index in [-0.39, 0.29) is 18.7 Å². The Morgan fingerprint density at radius 3 is 2.74 bits per heavy atom. The highest BCUT2D eigenvalue weighted by atomic mass is 16.3. The van der Waals surface area contributed by atoms with E-state index < -0.39 is 0 Å². The Morgan fingerprint density at radius 1 is 1.17 bits per heavy atom. The molecule has 0 atom stereocenters. The summed E-state index contributed by atoms with van der Waals surface area (Å²) in [6.07, 6.45) is 5.61. The number of urea groups is 1. The van der Waals surface area contributed by atoms with E-state index in [2.05, 4.69) is 15.6 Å². The van der Waals surface area contributed by atoms with Gasteiger partial charge >= 0.3 is 6.03 Å². The van der Waals surface area contributed by atoms with Crippen LogP contribution in [0.3, 0.4) is 0 Å². The molecule has 23 heavy (non-hydrogen) atoms. The van der Waals surface area contributed by atoms with Gasteiger partial charge < -0.3 is 15.7 Å². The fourth-order valence-electron chi connectivity index (χ4n) is 3.21. The summed E-state index contributed by atoms with van der Waals surface area (Å²) in [7, 11) is 0. The van der Waals surface area contributed by atoms with Gasteiger partial charge in [0.1, 0.15) is 0 Å². The number of amides is 2. The molecule has 2 amide bonds. The van der Waals surface area contributed by atoms with Gasteiger partial charge in [-0.05, 0) is 43.2 Å². The lowest BCUT2D eigenvalue weighted by Crippen LogP contribution is -2.43. The standard InChI is InChI=1S/C18H23N3O2/c22-12-13-6-8-16(9-7-13)21-18(23)20-11-15-4-1-3-14-5-2-10-19-17(14)15/h1-5,10,13,16,22H,6-9,11-12H2,(H2,20,21,23). The number of hydrogen-bond donors (Lipinski definition) is 3. The minimum Gasteiger partial charge on any atom is -0.396 e. The largest absolute Gasteiger partial charge is 0.396 e. The predicted molar refractivity (Wildman–Crippen MR) is 89.9 cm³/mol. The lowest BCUT2D eigenvalue weighted by Gasteiger charge is -2.28. The van der Waals surface area contributed by atoms with Crippen molar-refractivity contribution in [2.45, 2.75) is 38.3 Å². The highest BCUT2D eigenvalue weighted by molar-refractivity contribution is 5.82. The van der Waals surface area contributed by atoms with E-state index in [9.17, 15) is 4.79 Å². The molecule has 1 aromatic carbocycles. The van der Waals surface area contributed by atoms with Crippen molar-refractivity contribution >= 4 is 16.9 Å². The number of nitrogens with one attached hydrogen (secondary N) is 2. The van der Waals surface area contributed by atoms with Gasteiger partial charge in [-0.3, -0.25) is 4.98 Å². The molecule has 1 saturated carbocycles. The molecule has 0 spiro atoms. The van der Waals surface area contributed by atoms with Gasteiger partial charge in [0.2, 0.25) is 0 Å². The number of carbonyl (C=O) groups is 1. The number of rotatable bonds is 4. The highest BCUT2D eigenvalue weighted by Gasteiger charge is 2.21. The molecule has 0 saturated heterocycles. The number of aliphatic hydroxyl groups is 1. The number of nitrogens with zero attached hydrogens (tertiary/aromatic N) is 1. The SMILES string of the molecule is O=C(NCc1cccc2cccnc12)NC1CCC(CO)CC1. The molecular weight excluding hydrogens is 290 g/mol. The number of hydrogen-bond acceptors (Lipinski definition) is 3. The second-order valence-electron chi connectivity index (χ2n) is 6.22. The minimum absolute atomic E-state index is 0.134. The normalized spacial score (nSPS) is 21.1. The van der Waals surface area contributed by atoms with Crippen molar-refractivity contribution < 1.29 is 9.90 Å². The van der Waals surface area contributed by atoms with Crippen LogP contribution in [-0.4, -0.2) is 28.8 Å². The van der Waals surface area contributed by atoms with Crippen LogP contribution in [0.4, 0.5) is 4.79 Å². The van der Waals surface area contributed by atoms with Gasteiger partial charge in [-0.15, -0.1) is 0 Å². The minimum atomic E-state index is -0.134. The number of aliphatic hydroxyl groups excluding tert-OH is 1. The summed E-state index contributed by atoms with van der Waals surface area (Å²) in [6.45, 7) is 0.721. The third-order valence-corrected chi connectivity index (χ3v) is 4.60. The number of pyridine rings is 1. The molecule has 0 unspecified atom stereocenters. The topological polar surface area (TPSA) is 74.2 Å². The summed E-state index contributed by atoms with van der Waals surface area (Å²) >= 11 is 0. The number of carbonyl (C=O) groups excluding carboxylic acids is 1. The van der Waals surface area contributed by atoms with Crippen LogP contribution in [-0.2, 0) is 6.54 Å².